The zero-order valence-electron chi connectivity index (χ0n) is 25.6. The summed E-state index contributed by atoms with van der Waals surface area (Å²) in [6.07, 6.45) is 8.17. The van der Waals surface area contributed by atoms with Gasteiger partial charge >= 0.3 is 11.8 Å². The molecule has 0 bridgehead atoms. The Morgan fingerprint density at radius 3 is 2.49 bits per heavy atom. The maximum absolute atomic E-state index is 13.5. The van der Waals surface area contributed by atoms with Crippen LogP contribution in [-0.4, -0.2) is 61.0 Å². The third kappa shape index (κ3) is 5.69. The van der Waals surface area contributed by atoms with Crippen LogP contribution in [0.15, 0.2) is 36.7 Å². The number of hydrogen-bond acceptors (Lipinski definition) is 6. The number of nitrogen functional groups attached to an aromatic ring is 1. The van der Waals surface area contributed by atoms with Gasteiger partial charge in [-0.2, -0.15) is 5.10 Å². The number of benzene rings is 1. The second-order valence-electron chi connectivity index (χ2n) is 13.4. The van der Waals surface area contributed by atoms with Crippen LogP contribution in [0.2, 0.25) is 0 Å². The molecule has 3 aromatic rings. The summed E-state index contributed by atoms with van der Waals surface area (Å²) in [7, 11) is 2.22. The second kappa shape index (κ2) is 10.7. The highest BCUT2D eigenvalue weighted by Gasteiger charge is 2.44. The van der Waals surface area contributed by atoms with Gasteiger partial charge in [-0.15, -0.1) is 0 Å². The zero-order chi connectivity index (χ0) is 29.7. The molecule has 2 fully saturated rings. The van der Waals surface area contributed by atoms with E-state index in [1.165, 1.54) is 6.20 Å². The first kappa shape index (κ1) is 29.0. The van der Waals surface area contributed by atoms with Crippen molar-refractivity contribution < 1.29 is 9.59 Å². The second-order valence-corrected chi connectivity index (χ2v) is 13.4. The number of nitrogens with one attached hydrogen (secondary N) is 1. The molecule has 9 nitrogen and oxygen atoms in total. The van der Waals surface area contributed by atoms with E-state index in [4.69, 9.17) is 10.8 Å². The monoisotopic (exact) mass is 559 g/mol. The van der Waals surface area contributed by atoms with E-state index < -0.39 is 11.8 Å². The van der Waals surface area contributed by atoms with Crippen LogP contribution in [0.5, 0.6) is 0 Å². The Hall–Kier alpha value is -3.46. The number of carbonyl (C=O) groups is 2. The topological polar surface area (TPSA) is 109 Å². The van der Waals surface area contributed by atoms with Crippen molar-refractivity contribution in [2.45, 2.75) is 96.8 Å². The SMILES string of the molecule is CCc1cc(NC(=O)C(=O)N2CC(C)CCC2c2ccc3cn(C4CC(C)(C)N(C)C(C)(C)C4)nc3c2)cnc1N. The van der Waals surface area contributed by atoms with E-state index in [1.54, 1.807) is 11.0 Å². The maximum Gasteiger partial charge on any atom is 0.313 e. The highest BCUT2D eigenvalue weighted by molar-refractivity contribution is 6.39. The predicted molar refractivity (Wildman–Crippen MR) is 163 cm³/mol. The quantitative estimate of drug-likeness (QED) is 0.418. The van der Waals surface area contributed by atoms with Crippen LogP contribution in [-0.2, 0) is 16.0 Å². The molecule has 2 aromatic heterocycles. The Kier molecular flexibility index (Phi) is 7.61. The van der Waals surface area contributed by atoms with Crippen LogP contribution in [0.25, 0.3) is 10.9 Å². The minimum atomic E-state index is -0.657. The lowest BCUT2D eigenvalue weighted by Crippen LogP contribution is -2.58. The summed E-state index contributed by atoms with van der Waals surface area (Å²) in [5, 5.41) is 8.88. The van der Waals surface area contributed by atoms with Gasteiger partial charge in [0.05, 0.1) is 29.5 Å². The molecule has 1 aromatic carbocycles. The Morgan fingerprint density at radius 1 is 1.10 bits per heavy atom. The molecule has 0 spiro atoms. The Labute approximate surface area is 243 Å². The van der Waals surface area contributed by atoms with Crippen LogP contribution in [0, 0.1) is 5.92 Å². The summed E-state index contributed by atoms with van der Waals surface area (Å²) in [5.41, 5.74) is 9.29. The van der Waals surface area contributed by atoms with Crippen LogP contribution >= 0.6 is 0 Å². The van der Waals surface area contributed by atoms with Crippen molar-refractivity contribution in [1.82, 2.24) is 24.6 Å². The third-order valence-electron chi connectivity index (χ3n) is 9.51. The van der Waals surface area contributed by atoms with Crippen molar-refractivity contribution in [3.05, 3.63) is 47.8 Å². The van der Waals surface area contributed by atoms with Crippen LogP contribution in [0.1, 0.15) is 90.4 Å². The van der Waals surface area contributed by atoms with Crippen molar-refractivity contribution in [3.63, 3.8) is 0 Å². The molecule has 2 aliphatic heterocycles. The van der Waals surface area contributed by atoms with Crippen molar-refractivity contribution >= 4 is 34.2 Å². The van der Waals surface area contributed by atoms with Crippen molar-refractivity contribution in [1.29, 1.82) is 0 Å². The lowest BCUT2D eigenvalue weighted by molar-refractivity contribution is -0.146. The van der Waals surface area contributed by atoms with Gasteiger partial charge in [-0.1, -0.05) is 26.0 Å². The molecular formula is C32H45N7O2. The minimum Gasteiger partial charge on any atom is -0.383 e. The number of aromatic nitrogens is 3. The number of carbonyl (C=O) groups excluding carboxylic acids is 2. The largest absolute Gasteiger partial charge is 0.383 e. The molecule has 220 valence electrons. The van der Waals surface area contributed by atoms with Gasteiger partial charge in [-0.25, -0.2) is 4.98 Å². The fraction of sp³-hybridized carbons (Fsp3) is 0.562. The van der Waals surface area contributed by atoms with Crippen LogP contribution in [0.4, 0.5) is 11.5 Å². The number of aryl methyl sites for hydroxylation is 1. The number of nitrogens with zero attached hydrogens (tertiary/aromatic N) is 5. The summed E-state index contributed by atoms with van der Waals surface area (Å²) >= 11 is 0. The van der Waals surface area contributed by atoms with Crippen molar-refractivity contribution in [2.75, 3.05) is 24.6 Å². The molecule has 4 heterocycles. The van der Waals surface area contributed by atoms with E-state index in [9.17, 15) is 9.59 Å². The van der Waals surface area contributed by atoms with E-state index in [2.05, 4.69) is 85.9 Å². The van der Waals surface area contributed by atoms with Crippen molar-refractivity contribution in [3.8, 4) is 0 Å². The molecule has 2 aliphatic rings. The fourth-order valence-corrected chi connectivity index (χ4v) is 6.86. The van der Waals surface area contributed by atoms with E-state index >= 15 is 0 Å². The molecule has 0 aliphatic carbocycles. The number of likely N-dealkylation sites (tertiary alicyclic amines) is 2. The van der Waals surface area contributed by atoms with Crippen molar-refractivity contribution in [2.24, 2.45) is 5.92 Å². The lowest BCUT2D eigenvalue weighted by atomic mass is 9.77. The molecule has 0 radical (unpaired) electrons. The van der Waals surface area contributed by atoms with Gasteiger partial charge in [-0.05, 0) is 96.0 Å². The van der Waals surface area contributed by atoms with E-state index in [-0.39, 0.29) is 17.1 Å². The summed E-state index contributed by atoms with van der Waals surface area (Å²) in [6, 6.07) is 8.20. The molecule has 3 N–H and O–H groups in total. The number of hydrogen-bond donors (Lipinski definition) is 2. The molecule has 2 unspecified atom stereocenters. The third-order valence-corrected chi connectivity index (χ3v) is 9.51. The molecule has 41 heavy (non-hydrogen) atoms. The molecule has 2 amide bonds. The molecule has 9 heteroatoms. The van der Waals surface area contributed by atoms with E-state index in [0.29, 0.717) is 36.4 Å². The predicted octanol–water partition coefficient (Wildman–Crippen LogP) is 5.34. The first-order valence-electron chi connectivity index (χ1n) is 14.9. The maximum atomic E-state index is 13.5. The Morgan fingerprint density at radius 2 is 1.80 bits per heavy atom. The van der Waals surface area contributed by atoms with Gasteiger partial charge in [0.2, 0.25) is 0 Å². The summed E-state index contributed by atoms with van der Waals surface area (Å²) in [6.45, 7) is 13.9. The van der Waals surface area contributed by atoms with Crippen LogP contribution in [0.3, 0.4) is 0 Å². The average Bonchev–Trinajstić information content (AvgIpc) is 3.35. The van der Waals surface area contributed by atoms with Gasteiger partial charge in [0.1, 0.15) is 5.82 Å². The van der Waals surface area contributed by atoms with E-state index in [1.807, 2.05) is 6.92 Å². The van der Waals surface area contributed by atoms with Gasteiger partial charge in [0.25, 0.3) is 0 Å². The first-order chi connectivity index (χ1) is 19.3. The summed E-state index contributed by atoms with van der Waals surface area (Å²) in [4.78, 5) is 35.0. The molecular weight excluding hydrogens is 514 g/mol. The number of pyridine rings is 1. The highest BCUT2D eigenvalue weighted by atomic mass is 16.2. The number of nitrogens with two attached hydrogens (primary N) is 1. The smallest absolute Gasteiger partial charge is 0.313 e. The zero-order valence-corrected chi connectivity index (χ0v) is 25.6. The normalized spacial score (nSPS) is 23.0. The Bertz CT molecular complexity index is 1440. The highest BCUT2D eigenvalue weighted by Crippen LogP contribution is 2.42. The van der Waals surface area contributed by atoms with Crippen LogP contribution < -0.4 is 11.1 Å². The minimum absolute atomic E-state index is 0.0659. The summed E-state index contributed by atoms with van der Waals surface area (Å²) < 4.78 is 2.15. The van der Waals surface area contributed by atoms with Gasteiger partial charge in [-0.3, -0.25) is 19.2 Å². The first-order valence-corrected chi connectivity index (χ1v) is 14.9. The molecule has 2 atom stereocenters. The van der Waals surface area contributed by atoms with Gasteiger partial charge in [0, 0.05) is 29.2 Å². The fourth-order valence-electron chi connectivity index (χ4n) is 6.86. The van der Waals surface area contributed by atoms with Gasteiger partial charge in [0.15, 0.2) is 0 Å². The number of fused-ring (bicyclic) bond motifs is 1. The number of anilines is 2. The van der Waals surface area contributed by atoms with Gasteiger partial charge < -0.3 is 16.0 Å². The molecule has 5 rings (SSSR count). The average molecular weight is 560 g/mol. The number of amides is 2. The molecule has 0 saturated carbocycles. The standard InChI is InChI=1S/C32H45N7O2/c1-8-21-13-24(17-34-28(21)33)35-29(40)30(41)38-18-20(2)9-12-27(38)22-10-11-23-19-39(36-26(23)14-22)25-15-31(3,4)37(7)32(5,6)16-25/h10-11,13-14,17,19-20,25,27H,8-9,12,15-16,18H2,1-7H3,(H2,33,34)(H,35,40). The summed E-state index contributed by atoms with van der Waals surface area (Å²) in [5.74, 6) is -0.441. The number of piperidine rings is 2. The number of rotatable bonds is 4. The molecule has 2 saturated heterocycles. The Balaban J connectivity index is 1.38. The van der Waals surface area contributed by atoms with E-state index in [0.717, 1.165) is 47.7 Å². The lowest BCUT2D eigenvalue weighted by Gasteiger charge is -2.53.